The van der Waals surface area contributed by atoms with Crippen LogP contribution in [0.5, 0.6) is 0 Å². The Balaban J connectivity index is 1.35. The van der Waals surface area contributed by atoms with Crippen LogP contribution in [0.3, 0.4) is 0 Å². The first-order valence-corrected chi connectivity index (χ1v) is 9.66. The number of furan rings is 1. The molecule has 0 spiro atoms. The molecule has 0 unspecified atom stereocenters. The highest BCUT2D eigenvalue weighted by molar-refractivity contribution is 6.09. The zero-order valence-corrected chi connectivity index (χ0v) is 15.5. The van der Waals surface area contributed by atoms with Gasteiger partial charge in [-0.1, -0.05) is 30.3 Å². The van der Waals surface area contributed by atoms with E-state index in [9.17, 15) is 4.79 Å². The fourth-order valence-corrected chi connectivity index (χ4v) is 3.98. The molecule has 4 aromatic rings. The average Bonchev–Trinajstić information content (AvgIpc) is 3.39. The van der Waals surface area contributed by atoms with Crippen molar-refractivity contribution in [1.82, 2.24) is 4.98 Å². The molecule has 0 aliphatic carbocycles. The Morgan fingerprint density at radius 1 is 1.07 bits per heavy atom. The van der Waals surface area contributed by atoms with Gasteiger partial charge in [0.25, 0.3) is 0 Å². The van der Waals surface area contributed by atoms with Crippen LogP contribution in [-0.4, -0.2) is 24.0 Å². The smallest absolute Gasteiger partial charge is 0.228 e. The summed E-state index contributed by atoms with van der Waals surface area (Å²) >= 11 is 0. The molecule has 5 nitrogen and oxygen atoms in total. The van der Waals surface area contributed by atoms with Gasteiger partial charge < -0.3 is 14.6 Å². The molecule has 5 heteroatoms. The van der Waals surface area contributed by atoms with Gasteiger partial charge in [0.15, 0.2) is 0 Å². The Bertz CT molecular complexity index is 1140. The summed E-state index contributed by atoms with van der Waals surface area (Å²) < 4.78 is 5.68. The third kappa shape index (κ3) is 3.09. The van der Waals surface area contributed by atoms with E-state index in [1.54, 1.807) is 12.5 Å². The number of carbonyl (C=O) groups excluding carboxylic acids is 1. The van der Waals surface area contributed by atoms with Gasteiger partial charge in [-0.2, -0.15) is 0 Å². The highest BCUT2D eigenvalue weighted by Gasteiger charge is 2.15. The number of nitrogens with zero attached hydrogens (tertiary/aromatic N) is 2. The van der Waals surface area contributed by atoms with E-state index in [0.717, 1.165) is 46.2 Å². The number of rotatable bonds is 4. The fourth-order valence-electron chi connectivity index (χ4n) is 3.98. The Kier molecular flexibility index (Phi) is 4.20. The van der Waals surface area contributed by atoms with Crippen LogP contribution in [0.15, 0.2) is 65.4 Å². The summed E-state index contributed by atoms with van der Waals surface area (Å²) in [5, 5.41) is 6.20. The van der Waals surface area contributed by atoms with Gasteiger partial charge in [0.05, 0.1) is 24.6 Å². The number of fused-ring (bicyclic) bond motifs is 3. The molecule has 0 atom stereocenters. The number of hydrogen-bond donors (Lipinski definition) is 1. The summed E-state index contributed by atoms with van der Waals surface area (Å²) in [6, 6.07) is 16.0. The Hall–Kier alpha value is -3.34. The number of hydrogen-bond acceptors (Lipinski definition) is 4. The van der Waals surface area contributed by atoms with Gasteiger partial charge in [-0.05, 0) is 41.8 Å². The summed E-state index contributed by atoms with van der Waals surface area (Å²) in [7, 11) is 0. The lowest BCUT2D eigenvalue weighted by Gasteiger charge is -2.16. The van der Waals surface area contributed by atoms with Crippen molar-refractivity contribution in [2.45, 2.75) is 19.3 Å². The van der Waals surface area contributed by atoms with Gasteiger partial charge in [0.1, 0.15) is 11.4 Å². The lowest BCUT2D eigenvalue weighted by molar-refractivity contribution is -0.115. The van der Waals surface area contributed by atoms with Crippen molar-refractivity contribution in [3.05, 3.63) is 66.6 Å². The van der Waals surface area contributed by atoms with E-state index < -0.39 is 0 Å². The fraction of sp³-hybridized carbons (Fsp3) is 0.217. The van der Waals surface area contributed by atoms with Crippen LogP contribution in [0.1, 0.15) is 18.4 Å². The van der Waals surface area contributed by atoms with Gasteiger partial charge in [-0.25, -0.2) is 4.98 Å². The van der Waals surface area contributed by atoms with Crippen molar-refractivity contribution < 1.29 is 9.21 Å². The monoisotopic (exact) mass is 371 g/mol. The minimum atomic E-state index is -0.0774. The van der Waals surface area contributed by atoms with Crippen molar-refractivity contribution in [1.29, 1.82) is 0 Å². The Morgan fingerprint density at radius 3 is 2.75 bits per heavy atom. The predicted octanol–water partition coefficient (Wildman–Crippen LogP) is 4.76. The third-order valence-electron chi connectivity index (χ3n) is 5.35. The van der Waals surface area contributed by atoms with Gasteiger partial charge in [-0.3, -0.25) is 4.79 Å². The van der Waals surface area contributed by atoms with Crippen LogP contribution in [0.25, 0.3) is 21.7 Å². The van der Waals surface area contributed by atoms with Crippen molar-refractivity contribution in [2.75, 3.05) is 23.3 Å². The van der Waals surface area contributed by atoms with Gasteiger partial charge in [0, 0.05) is 24.0 Å². The van der Waals surface area contributed by atoms with E-state index in [1.165, 1.54) is 12.8 Å². The summed E-state index contributed by atoms with van der Waals surface area (Å²) in [5.41, 5.74) is 2.41. The van der Waals surface area contributed by atoms with E-state index in [-0.39, 0.29) is 12.3 Å². The number of anilines is 2. The summed E-state index contributed by atoms with van der Waals surface area (Å²) in [6.45, 7) is 2.11. The lowest BCUT2D eigenvalue weighted by Crippen LogP contribution is -2.19. The van der Waals surface area contributed by atoms with Gasteiger partial charge in [0.2, 0.25) is 5.91 Å². The molecule has 1 aliphatic rings. The largest absolute Gasteiger partial charge is 0.464 e. The first-order chi connectivity index (χ1) is 13.8. The van der Waals surface area contributed by atoms with Crippen LogP contribution in [0.4, 0.5) is 11.5 Å². The van der Waals surface area contributed by atoms with Crippen molar-refractivity contribution in [3.8, 4) is 0 Å². The SMILES string of the molecule is O=C(Cc1coc2ccc3ccccc3c12)Nc1ccc(N2CCCC2)nc1. The zero-order chi connectivity index (χ0) is 18.9. The van der Waals surface area contributed by atoms with Crippen molar-refractivity contribution in [3.63, 3.8) is 0 Å². The second kappa shape index (κ2) is 7.00. The van der Waals surface area contributed by atoms with Crippen LogP contribution < -0.4 is 10.2 Å². The molecule has 2 aromatic carbocycles. The molecule has 140 valence electrons. The normalized spacial score (nSPS) is 14.1. The minimum absolute atomic E-state index is 0.0774. The number of aromatic nitrogens is 1. The molecule has 0 saturated carbocycles. The maximum absolute atomic E-state index is 12.6. The number of benzene rings is 2. The first kappa shape index (κ1) is 16.8. The number of amides is 1. The summed E-state index contributed by atoms with van der Waals surface area (Å²) in [5.74, 6) is 0.897. The molecule has 2 aromatic heterocycles. The molecule has 3 heterocycles. The van der Waals surface area contributed by atoms with Crippen molar-refractivity contribution in [2.24, 2.45) is 0 Å². The van der Waals surface area contributed by atoms with E-state index in [2.05, 4.69) is 27.3 Å². The van der Waals surface area contributed by atoms with Crippen LogP contribution >= 0.6 is 0 Å². The molecular weight excluding hydrogens is 350 g/mol. The van der Waals surface area contributed by atoms with Crippen LogP contribution in [-0.2, 0) is 11.2 Å². The number of pyridine rings is 1. The summed E-state index contributed by atoms with van der Waals surface area (Å²) in [4.78, 5) is 19.4. The zero-order valence-electron chi connectivity index (χ0n) is 15.5. The maximum atomic E-state index is 12.6. The predicted molar refractivity (Wildman–Crippen MR) is 112 cm³/mol. The number of nitrogens with one attached hydrogen (secondary N) is 1. The Morgan fingerprint density at radius 2 is 1.93 bits per heavy atom. The minimum Gasteiger partial charge on any atom is -0.464 e. The molecule has 1 aliphatic heterocycles. The van der Waals surface area contributed by atoms with E-state index >= 15 is 0 Å². The standard InChI is InChI=1S/C23H21N3O2/c27-22(25-18-8-10-21(24-14-18)26-11-3-4-12-26)13-17-15-28-20-9-7-16-5-1-2-6-19(16)23(17)20/h1-2,5-10,14-15H,3-4,11-13H2,(H,25,27). The summed E-state index contributed by atoms with van der Waals surface area (Å²) in [6.07, 6.45) is 6.11. The molecular formula is C23H21N3O2. The molecule has 1 N–H and O–H groups in total. The van der Waals surface area contributed by atoms with Crippen LogP contribution in [0.2, 0.25) is 0 Å². The van der Waals surface area contributed by atoms with E-state index in [4.69, 9.17) is 4.42 Å². The van der Waals surface area contributed by atoms with Gasteiger partial charge in [-0.15, -0.1) is 0 Å². The third-order valence-corrected chi connectivity index (χ3v) is 5.35. The molecule has 1 fully saturated rings. The highest BCUT2D eigenvalue weighted by Crippen LogP contribution is 2.30. The first-order valence-electron chi connectivity index (χ1n) is 9.66. The maximum Gasteiger partial charge on any atom is 0.228 e. The average molecular weight is 371 g/mol. The molecule has 1 amide bonds. The molecule has 28 heavy (non-hydrogen) atoms. The number of carbonyl (C=O) groups is 1. The Labute approximate surface area is 163 Å². The second-order valence-corrected chi connectivity index (χ2v) is 7.24. The van der Waals surface area contributed by atoms with Crippen LogP contribution in [0, 0.1) is 0 Å². The van der Waals surface area contributed by atoms with Gasteiger partial charge >= 0.3 is 0 Å². The van der Waals surface area contributed by atoms with E-state index in [0.29, 0.717) is 5.69 Å². The molecule has 0 radical (unpaired) electrons. The lowest BCUT2D eigenvalue weighted by atomic mass is 10.0. The molecule has 0 bridgehead atoms. The van der Waals surface area contributed by atoms with E-state index in [1.807, 2.05) is 36.4 Å². The molecule has 5 rings (SSSR count). The highest BCUT2D eigenvalue weighted by atomic mass is 16.3. The quantitative estimate of drug-likeness (QED) is 0.562. The molecule has 1 saturated heterocycles. The van der Waals surface area contributed by atoms with Crippen molar-refractivity contribution >= 4 is 39.2 Å². The second-order valence-electron chi connectivity index (χ2n) is 7.24. The topological polar surface area (TPSA) is 58.4 Å².